The third-order valence-electron chi connectivity index (χ3n) is 2.23. The van der Waals surface area contributed by atoms with Crippen LogP contribution in [0.3, 0.4) is 0 Å². The number of H-pyrrole nitrogens is 1. The van der Waals surface area contributed by atoms with E-state index in [9.17, 15) is 13.6 Å². The van der Waals surface area contributed by atoms with Crippen molar-refractivity contribution in [1.82, 2.24) is 10.2 Å². The summed E-state index contributed by atoms with van der Waals surface area (Å²) in [5.41, 5.74) is 6.28. The number of halogens is 2. The number of hydrogen-bond donors (Lipinski definition) is 3. The Balaban J connectivity index is 2.04. The Morgan fingerprint density at radius 3 is 2.58 bits per heavy atom. The zero-order valence-electron chi connectivity index (χ0n) is 9.56. The highest BCUT2D eigenvalue weighted by molar-refractivity contribution is 6.06. The quantitative estimate of drug-likeness (QED) is 0.788. The molecule has 0 fully saturated rings. The van der Waals surface area contributed by atoms with Crippen molar-refractivity contribution >= 4 is 17.3 Å². The highest BCUT2D eigenvalue weighted by Crippen LogP contribution is 2.18. The third kappa shape index (κ3) is 3.18. The number of anilines is 2. The number of alkyl halides is 2. The minimum Gasteiger partial charge on any atom is -0.435 e. The smallest absolute Gasteiger partial charge is 0.387 e. The summed E-state index contributed by atoms with van der Waals surface area (Å²) in [6, 6.07) is 5.50. The lowest BCUT2D eigenvalue weighted by atomic mass is 10.3. The van der Waals surface area contributed by atoms with E-state index in [-0.39, 0.29) is 17.1 Å². The van der Waals surface area contributed by atoms with Crippen molar-refractivity contribution in [2.75, 3.05) is 11.1 Å². The number of hydrogen-bond acceptors (Lipinski definition) is 4. The van der Waals surface area contributed by atoms with E-state index in [4.69, 9.17) is 5.73 Å². The van der Waals surface area contributed by atoms with Gasteiger partial charge in [-0.25, -0.2) is 0 Å². The summed E-state index contributed by atoms with van der Waals surface area (Å²) < 4.78 is 28.1. The molecule has 1 heterocycles. The SMILES string of the molecule is Nc1cn[nH]c1C(=O)Nc1ccc(OC(F)F)cc1. The second-order valence-electron chi connectivity index (χ2n) is 3.56. The van der Waals surface area contributed by atoms with Crippen molar-refractivity contribution in [1.29, 1.82) is 0 Å². The number of carbonyl (C=O) groups is 1. The predicted octanol–water partition coefficient (Wildman–Crippen LogP) is 1.85. The number of nitrogens with one attached hydrogen (secondary N) is 2. The van der Waals surface area contributed by atoms with E-state index >= 15 is 0 Å². The minimum atomic E-state index is -2.88. The molecule has 0 saturated heterocycles. The molecule has 2 aromatic rings. The maximum Gasteiger partial charge on any atom is 0.387 e. The molecule has 0 aliphatic heterocycles. The zero-order valence-corrected chi connectivity index (χ0v) is 9.56. The first-order chi connectivity index (χ1) is 9.06. The largest absolute Gasteiger partial charge is 0.435 e. The second-order valence-corrected chi connectivity index (χ2v) is 3.56. The number of amides is 1. The van der Waals surface area contributed by atoms with Crippen LogP contribution in [0.2, 0.25) is 0 Å². The van der Waals surface area contributed by atoms with Crippen molar-refractivity contribution in [2.24, 2.45) is 0 Å². The average molecular weight is 268 g/mol. The molecule has 0 aliphatic rings. The van der Waals surface area contributed by atoms with Gasteiger partial charge in [-0.3, -0.25) is 9.89 Å². The van der Waals surface area contributed by atoms with E-state index in [0.717, 1.165) is 0 Å². The molecule has 0 saturated carbocycles. The molecule has 0 aliphatic carbocycles. The second kappa shape index (κ2) is 5.34. The number of nitrogens with zero attached hydrogens (tertiary/aromatic N) is 1. The van der Waals surface area contributed by atoms with Crippen molar-refractivity contribution < 1.29 is 18.3 Å². The topological polar surface area (TPSA) is 93.0 Å². The summed E-state index contributed by atoms with van der Waals surface area (Å²) in [5.74, 6) is -0.466. The molecule has 19 heavy (non-hydrogen) atoms. The lowest BCUT2D eigenvalue weighted by Gasteiger charge is -2.07. The van der Waals surface area contributed by atoms with Gasteiger partial charge in [-0.15, -0.1) is 0 Å². The van der Waals surface area contributed by atoms with Gasteiger partial charge in [0.25, 0.3) is 5.91 Å². The molecular weight excluding hydrogens is 258 g/mol. The molecule has 2 rings (SSSR count). The van der Waals surface area contributed by atoms with E-state index in [1.807, 2.05) is 0 Å². The van der Waals surface area contributed by atoms with Gasteiger partial charge in [-0.1, -0.05) is 0 Å². The van der Waals surface area contributed by atoms with Gasteiger partial charge < -0.3 is 15.8 Å². The van der Waals surface area contributed by atoms with Crippen molar-refractivity contribution in [3.05, 3.63) is 36.2 Å². The predicted molar refractivity (Wildman–Crippen MR) is 64.0 cm³/mol. The Labute approximate surface area is 106 Å². The van der Waals surface area contributed by atoms with Crippen LogP contribution in [-0.4, -0.2) is 22.7 Å². The van der Waals surface area contributed by atoms with Crippen LogP contribution in [0.25, 0.3) is 0 Å². The fourth-order valence-electron chi connectivity index (χ4n) is 1.39. The lowest BCUT2D eigenvalue weighted by Crippen LogP contribution is -2.14. The van der Waals surface area contributed by atoms with Gasteiger partial charge in [0.1, 0.15) is 11.4 Å². The first-order valence-electron chi connectivity index (χ1n) is 5.21. The van der Waals surface area contributed by atoms with Crippen molar-refractivity contribution in [3.8, 4) is 5.75 Å². The molecule has 0 atom stereocenters. The lowest BCUT2D eigenvalue weighted by molar-refractivity contribution is -0.0498. The molecule has 100 valence electrons. The van der Waals surface area contributed by atoms with Crippen LogP contribution in [0.4, 0.5) is 20.2 Å². The first-order valence-corrected chi connectivity index (χ1v) is 5.21. The van der Waals surface area contributed by atoms with E-state index in [1.54, 1.807) is 0 Å². The Morgan fingerprint density at radius 2 is 2.05 bits per heavy atom. The summed E-state index contributed by atoms with van der Waals surface area (Å²) in [7, 11) is 0. The number of aromatic nitrogens is 2. The van der Waals surface area contributed by atoms with Crippen LogP contribution in [0.5, 0.6) is 5.75 Å². The standard InChI is InChI=1S/C11H10F2N4O2/c12-11(13)19-7-3-1-6(2-4-7)16-10(18)9-8(14)5-15-17-9/h1-5,11H,14H2,(H,15,17)(H,16,18). The van der Waals surface area contributed by atoms with E-state index in [1.165, 1.54) is 30.5 Å². The van der Waals surface area contributed by atoms with Crippen LogP contribution in [0.1, 0.15) is 10.5 Å². The Morgan fingerprint density at radius 1 is 1.37 bits per heavy atom. The molecule has 4 N–H and O–H groups in total. The summed E-state index contributed by atoms with van der Waals surface area (Å²) in [6.07, 6.45) is 1.31. The maximum atomic E-state index is 11.9. The number of nitrogen functional groups attached to an aromatic ring is 1. The molecule has 0 unspecified atom stereocenters. The number of ether oxygens (including phenoxy) is 1. The van der Waals surface area contributed by atoms with Gasteiger partial charge in [-0.2, -0.15) is 13.9 Å². The highest BCUT2D eigenvalue weighted by atomic mass is 19.3. The van der Waals surface area contributed by atoms with Gasteiger partial charge in [0, 0.05) is 5.69 Å². The first kappa shape index (κ1) is 12.8. The van der Waals surface area contributed by atoms with Crippen LogP contribution in [-0.2, 0) is 0 Å². The number of benzene rings is 1. The molecule has 1 amide bonds. The maximum absolute atomic E-state index is 11.9. The highest BCUT2D eigenvalue weighted by Gasteiger charge is 2.12. The number of nitrogens with two attached hydrogens (primary N) is 1. The van der Waals surface area contributed by atoms with E-state index in [2.05, 4.69) is 20.3 Å². The molecule has 6 nitrogen and oxygen atoms in total. The van der Waals surface area contributed by atoms with E-state index < -0.39 is 12.5 Å². The molecule has 1 aromatic carbocycles. The van der Waals surface area contributed by atoms with Gasteiger partial charge >= 0.3 is 6.61 Å². The van der Waals surface area contributed by atoms with Gasteiger partial charge in [-0.05, 0) is 24.3 Å². The monoisotopic (exact) mass is 268 g/mol. The Kier molecular flexibility index (Phi) is 3.60. The molecule has 0 bridgehead atoms. The Hall–Kier alpha value is -2.64. The average Bonchev–Trinajstić information content (AvgIpc) is 2.77. The summed E-state index contributed by atoms with van der Waals surface area (Å²) in [4.78, 5) is 11.7. The minimum absolute atomic E-state index is 0.00838. The number of aromatic amines is 1. The fraction of sp³-hybridized carbons (Fsp3) is 0.0909. The molecule has 0 radical (unpaired) electrons. The van der Waals surface area contributed by atoms with E-state index in [0.29, 0.717) is 5.69 Å². The van der Waals surface area contributed by atoms with Crippen molar-refractivity contribution in [2.45, 2.75) is 6.61 Å². The molecule has 8 heteroatoms. The third-order valence-corrected chi connectivity index (χ3v) is 2.23. The van der Waals surface area contributed by atoms with Gasteiger partial charge in [0.05, 0.1) is 11.9 Å². The molecular formula is C11H10F2N4O2. The van der Waals surface area contributed by atoms with Crippen LogP contribution >= 0.6 is 0 Å². The van der Waals surface area contributed by atoms with Crippen molar-refractivity contribution in [3.63, 3.8) is 0 Å². The summed E-state index contributed by atoms with van der Waals surface area (Å²) in [6.45, 7) is -2.88. The molecule has 0 spiro atoms. The van der Waals surface area contributed by atoms with Crippen LogP contribution in [0.15, 0.2) is 30.5 Å². The Bertz CT molecular complexity index is 568. The number of carbonyl (C=O) groups excluding carboxylic acids is 1. The van der Waals surface area contributed by atoms with Gasteiger partial charge in [0.15, 0.2) is 0 Å². The van der Waals surface area contributed by atoms with Crippen LogP contribution in [0, 0.1) is 0 Å². The molecule has 1 aromatic heterocycles. The summed E-state index contributed by atoms with van der Waals surface area (Å²) in [5, 5.41) is 8.60. The number of rotatable bonds is 4. The van der Waals surface area contributed by atoms with Gasteiger partial charge in [0.2, 0.25) is 0 Å². The normalized spacial score (nSPS) is 10.5. The zero-order chi connectivity index (χ0) is 13.8. The van der Waals surface area contributed by atoms with Crippen LogP contribution < -0.4 is 15.8 Å². The fourth-order valence-corrected chi connectivity index (χ4v) is 1.39. The summed E-state index contributed by atoms with van der Waals surface area (Å²) >= 11 is 0.